The van der Waals surface area contributed by atoms with Crippen LogP contribution >= 0.6 is 11.3 Å². The van der Waals surface area contributed by atoms with Gasteiger partial charge in [0.2, 0.25) is 0 Å². The molecule has 0 atom stereocenters. The van der Waals surface area contributed by atoms with E-state index < -0.39 is 0 Å². The van der Waals surface area contributed by atoms with Crippen LogP contribution in [0.5, 0.6) is 0 Å². The molecular weight excluding hydrogens is 246 g/mol. The van der Waals surface area contributed by atoms with Gasteiger partial charge >= 0.3 is 0 Å². The molecule has 0 saturated carbocycles. The standard InChI is InChI=1S/C13H15N3OS/c1-14-12-8-15-5-3-11(12)13(17)16-6-2-10-4-7-18-9-10/h3-5,7-9,14H,2,6H2,1H3,(H,16,17). The number of carbonyl (C=O) groups is 1. The maximum Gasteiger partial charge on any atom is 0.253 e. The summed E-state index contributed by atoms with van der Waals surface area (Å²) in [4.78, 5) is 16.0. The van der Waals surface area contributed by atoms with E-state index in [1.165, 1.54) is 5.56 Å². The fourth-order valence-corrected chi connectivity index (χ4v) is 2.35. The van der Waals surface area contributed by atoms with Crippen LogP contribution in [-0.4, -0.2) is 24.5 Å². The Morgan fingerprint density at radius 1 is 1.44 bits per heavy atom. The van der Waals surface area contributed by atoms with Crippen molar-refractivity contribution in [1.29, 1.82) is 0 Å². The molecule has 2 aromatic heterocycles. The van der Waals surface area contributed by atoms with Gasteiger partial charge in [0.25, 0.3) is 5.91 Å². The molecule has 1 amide bonds. The van der Waals surface area contributed by atoms with Gasteiger partial charge in [0.05, 0.1) is 17.4 Å². The van der Waals surface area contributed by atoms with E-state index in [9.17, 15) is 4.79 Å². The molecule has 0 saturated heterocycles. The third kappa shape index (κ3) is 3.07. The predicted octanol–water partition coefficient (Wildman–Crippen LogP) is 2.16. The molecule has 0 fully saturated rings. The Labute approximate surface area is 110 Å². The van der Waals surface area contributed by atoms with Crippen molar-refractivity contribution in [2.75, 3.05) is 18.9 Å². The molecule has 94 valence electrons. The van der Waals surface area contributed by atoms with Crippen molar-refractivity contribution < 1.29 is 4.79 Å². The van der Waals surface area contributed by atoms with Crippen LogP contribution in [0.4, 0.5) is 5.69 Å². The largest absolute Gasteiger partial charge is 0.386 e. The Bertz CT molecular complexity index is 511. The number of nitrogens with zero attached hydrogens (tertiary/aromatic N) is 1. The van der Waals surface area contributed by atoms with Gasteiger partial charge in [-0.05, 0) is 34.9 Å². The molecule has 5 heteroatoms. The minimum absolute atomic E-state index is 0.0722. The van der Waals surface area contributed by atoms with Gasteiger partial charge in [-0.3, -0.25) is 9.78 Å². The summed E-state index contributed by atoms with van der Waals surface area (Å²) in [6, 6.07) is 3.79. The molecule has 0 aromatic carbocycles. The van der Waals surface area contributed by atoms with Gasteiger partial charge in [0, 0.05) is 19.8 Å². The van der Waals surface area contributed by atoms with Crippen LogP contribution in [0.2, 0.25) is 0 Å². The first-order chi connectivity index (χ1) is 8.81. The minimum Gasteiger partial charge on any atom is -0.386 e. The molecule has 4 nitrogen and oxygen atoms in total. The number of amides is 1. The Balaban J connectivity index is 1.91. The molecule has 2 rings (SSSR count). The Kier molecular flexibility index (Phi) is 4.30. The second-order valence-electron chi connectivity index (χ2n) is 3.81. The highest BCUT2D eigenvalue weighted by Crippen LogP contribution is 2.12. The van der Waals surface area contributed by atoms with Gasteiger partial charge in [-0.1, -0.05) is 0 Å². The number of rotatable bonds is 5. The zero-order valence-electron chi connectivity index (χ0n) is 10.1. The lowest BCUT2D eigenvalue weighted by atomic mass is 10.2. The molecule has 18 heavy (non-hydrogen) atoms. The molecular formula is C13H15N3OS. The summed E-state index contributed by atoms with van der Waals surface area (Å²) in [5.74, 6) is -0.0722. The molecule has 0 spiro atoms. The summed E-state index contributed by atoms with van der Waals surface area (Å²) in [5, 5.41) is 10.0. The van der Waals surface area contributed by atoms with Crippen molar-refractivity contribution in [3.63, 3.8) is 0 Å². The monoisotopic (exact) mass is 261 g/mol. The Morgan fingerprint density at radius 2 is 2.33 bits per heavy atom. The average Bonchev–Trinajstić information content (AvgIpc) is 2.91. The van der Waals surface area contributed by atoms with E-state index in [0.717, 1.165) is 12.1 Å². The Morgan fingerprint density at radius 3 is 3.06 bits per heavy atom. The normalized spacial score (nSPS) is 10.1. The molecule has 0 unspecified atom stereocenters. The van der Waals surface area contributed by atoms with Crippen LogP contribution in [0.15, 0.2) is 35.3 Å². The number of pyridine rings is 1. The van der Waals surface area contributed by atoms with E-state index in [2.05, 4.69) is 27.1 Å². The highest BCUT2D eigenvalue weighted by Gasteiger charge is 2.09. The molecule has 2 heterocycles. The maximum absolute atomic E-state index is 12.0. The van der Waals surface area contributed by atoms with Crippen molar-refractivity contribution in [3.8, 4) is 0 Å². The van der Waals surface area contributed by atoms with E-state index in [1.54, 1.807) is 36.8 Å². The van der Waals surface area contributed by atoms with Crippen LogP contribution in [-0.2, 0) is 6.42 Å². The number of thiophene rings is 1. The van der Waals surface area contributed by atoms with Crippen molar-refractivity contribution in [1.82, 2.24) is 10.3 Å². The molecule has 2 aromatic rings. The van der Waals surface area contributed by atoms with E-state index in [1.807, 2.05) is 5.38 Å². The lowest BCUT2D eigenvalue weighted by molar-refractivity contribution is 0.0955. The zero-order valence-corrected chi connectivity index (χ0v) is 11.0. The third-order valence-corrected chi connectivity index (χ3v) is 3.35. The van der Waals surface area contributed by atoms with Gasteiger partial charge in [0.15, 0.2) is 0 Å². The van der Waals surface area contributed by atoms with E-state index in [-0.39, 0.29) is 5.91 Å². The number of nitrogens with one attached hydrogen (secondary N) is 2. The highest BCUT2D eigenvalue weighted by molar-refractivity contribution is 7.07. The van der Waals surface area contributed by atoms with Gasteiger partial charge < -0.3 is 10.6 Å². The lowest BCUT2D eigenvalue weighted by Gasteiger charge is -2.08. The summed E-state index contributed by atoms with van der Waals surface area (Å²) in [6.45, 7) is 0.640. The van der Waals surface area contributed by atoms with Crippen LogP contribution in [0.3, 0.4) is 0 Å². The first-order valence-corrected chi connectivity index (χ1v) is 6.66. The second kappa shape index (κ2) is 6.16. The summed E-state index contributed by atoms with van der Waals surface area (Å²) < 4.78 is 0. The van der Waals surface area contributed by atoms with Gasteiger partial charge in [-0.2, -0.15) is 11.3 Å². The molecule has 0 aliphatic carbocycles. The summed E-state index contributed by atoms with van der Waals surface area (Å²) in [7, 11) is 1.78. The molecule has 0 bridgehead atoms. The maximum atomic E-state index is 12.0. The molecule has 0 radical (unpaired) electrons. The van der Waals surface area contributed by atoms with E-state index in [4.69, 9.17) is 0 Å². The number of anilines is 1. The number of hydrogen-bond donors (Lipinski definition) is 2. The van der Waals surface area contributed by atoms with Crippen LogP contribution in [0.1, 0.15) is 15.9 Å². The minimum atomic E-state index is -0.0722. The lowest BCUT2D eigenvalue weighted by Crippen LogP contribution is -2.26. The van der Waals surface area contributed by atoms with Crippen LogP contribution in [0.25, 0.3) is 0 Å². The molecule has 0 aliphatic rings. The topological polar surface area (TPSA) is 54.0 Å². The third-order valence-electron chi connectivity index (χ3n) is 2.61. The SMILES string of the molecule is CNc1cnccc1C(=O)NCCc1ccsc1. The number of hydrogen-bond acceptors (Lipinski definition) is 4. The Hall–Kier alpha value is -1.88. The second-order valence-corrected chi connectivity index (χ2v) is 4.59. The van der Waals surface area contributed by atoms with Crippen LogP contribution < -0.4 is 10.6 Å². The van der Waals surface area contributed by atoms with Crippen molar-refractivity contribution in [2.24, 2.45) is 0 Å². The van der Waals surface area contributed by atoms with Gasteiger partial charge in [0.1, 0.15) is 0 Å². The van der Waals surface area contributed by atoms with Gasteiger partial charge in [-0.25, -0.2) is 0 Å². The predicted molar refractivity (Wildman–Crippen MR) is 74.1 cm³/mol. The summed E-state index contributed by atoms with van der Waals surface area (Å²) in [6.07, 6.45) is 4.12. The van der Waals surface area contributed by atoms with Crippen molar-refractivity contribution >= 4 is 22.9 Å². The zero-order chi connectivity index (χ0) is 12.8. The van der Waals surface area contributed by atoms with Crippen molar-refractivity contribution in [2.45, 2.75) is 6.42 Å². The van der Waals surface area contributed by atoms with Gasteiger partial charge in [-0.15, -0.1) is 0 Å². The summed E-state index contributed by atoms with van der Waals surface area (Å²) in [5.41, 5.74) is 2.62. The fourth-order valence-electron chi connectivity index (χ4n) is 1.64. The average molecular weight is 261 g/mol. The van der Waals surface area contributed by atoms with Crippen molar-refractivity contribution in [3.05, 3.63) is 46.4 Å². The fraction of sp³-hybridized carbons (Fsp3) is 0.231. The summed E-state index contributed by atoms with van der Waals surface area (Å²) >= 11 is 1.67. The first-order valence-electron chi connectivity index (χ1n) is 5.72. The number of carbonyl (C=O) groups excluding carboxylic acids is 1. The number of aromatic nitrogens is 1. The highest BCUT2D eigenvalue weighted by atomic mass is 32.1. The van der Waals surface area contributed by atoms with Crippen LogP contribution in [0, 0.1) is 0 Å². The molecule has 0 aliphatic heterocycles. The quantitative estimate of drug-likeness (QED) is 0.867. The molecule has 2 N–H and O–H groups in total. The smallest absolute Gasteiger partial charge is 0.253 e. The first kappa shape index (κ1) is 12.6. The van der Waals surface area contributed by atoms with E-state index >= 15 is 0 Å². The van der Waals surface area contributed by atoms with E-state index in [0.29, 0.717) is 12.1 Å².